The quantitative estimate of drug-likeness (QED) is 0.732. The van der Waals surface area contributed by atoms with E-state index in [1.807, 2.05) is 12.1 Å². The van der Waals surface area contributed by atoms with E-state index in [4.69, 9.17) is 4.52 Å². The van der Waals surface area contributed by atoms with Gasteiger partial charge in [-0.05, 0) is 26.2 Å². The van der Waals surface area contributed by atoms with Gasteiger partial charge in [-0.15, -0.1) is 0 Å². The molecule has 0 saturated carbocycles. The molecule has 146 valence electrons. The summed E-state index contributed by atoms with van der Waals surface area (Å²) in [5, 5.41) is 8.10. The minimum absolute atomic E-state index is 0.0687. The topological polar surface area (TPSA) is 84.2 Å². The molecule has 1 amide bonds. The number of nitrogens with one attached hydrogen (secondary N) is 1. The number of anilines is 1. The second-order valence-corrected chi connectivity index (χ2v) is 7.33. The van der Waals surface area contributed by atoms with Crippen LogP contribution in [0.3, 0.4) is 0 Å². The third-order valence-corrected chi connectivity index (χ3v) is 5.29. The molecule has 1 aliphatic rings. The monoisotopic (exact) mass is 379 g/mol. The summed E-state index contributed by atoms with van der Waals surface area (Å²) >= 11 is 0. The summed E-state index contributed by atoms with van der Waals surface area (Å²) in [5.74, 6) is 1.06. The maximum absolute atomic E-state index is 12.3. The number of amides is 1. The standard InChI is InChI=1S/C21H25N5O2/c1-3-10-22-20(27)16-8-11-26(12-9-16)19-17-18(15-6-4-14(2)5-7-15)25-28-21(17)24-13-23-19/h4-7,13,16H,3,8-12H2,1-2H3,(H,22,27). The molecule has 1 saturated heterocycles. The second kappa shape index (κ2) is 7.96. The number of fused-ring (bicyclic) bond motifs is 1. The molecule has 7 nitrogen and oxygen atoms in total. The summed E-state index contributed by atoms with van der Waals surface area (Å²) in [6, 6.07) is 8.18. The predicted octanol–water partition coefficient (Wildman–Crippen LogP) is 3.34. The molecule has 0 atom stereocenters. The summed E-state index contributed by atoms with van der Waals surface area (Å²) in [7, 11) is 0. The van der Waals surface area contributed by atoms with Crippen LogP contribution < -0.4 is 10.2 Å². The van der Waals surface area contributed by atoms with E-state index >= 15 is 0 Å². The molecule has 1 aliphatic heterocycles. The molecular formula is C21H25N5O2. The van der Waals surface area contributed by atoms with Crippen molar-refractivity contribution in [2.24, 2.45) is 5.92 Å². The maximum Gasteiger partial charge on any atom is 0.263 e. The van der Waals surface area contributed by atoms with Gasteiger partial charge in [0, 0.05) is 31.1 Å². The Kier molecular flexibility index (Phi) is 5.23. The van der Waals surface area contributed by atoms with Gasteiger partial charge in [-0.3, -0.25) is 4.79 Å². The van der Waals surface area contributed by atoms with Crippen molar-refractivity contribution in [1.29, 1.82) is 0 Å². The Labute approximate surface area is 164 Å². The molecule has 4 rings (SSSR count). The van der Waals surface area contributed by atoms with Gasteiger partial charge < -0.3 is 14.7 Å². The van der Waals surface area contributed by atoms with E-state index in [0.29, 0.717) is 5.71 Å². The molecule has 3 heterocycles. The highest BCUT2D eigenvalue weighted by atomic mass is 16.5. The molecule has 0 bridgehead atoms. The van der Waals surface area contributed by atoms with Gasteiger partial charge in [0.1, 0.15) is 23.2 Å². The average molecular weight is 379 g/mol. The molecule has 0 radical (unpaired) electrons. The number of hydrogen-bond donors (Lipinski definition) is 1. The highest BCUT2D eigenvalue weighted by Crippen LogP contribution is 2.34. The molecular weight excluding hydrogens is 354 g/mol. The minimum Gasteiger partial charge on any atom is -0.356 e. The SMILES string of the molecule is CCCNC(=O)C1CCN(c2ncnc3onc(-c4ccc(C)cc4)c23)CC1. The summed E-state index contributed by atoms with van der Waals surface area (Å²) < 4.78 is 5.48. The molecule has 1 N–H and O–H groups in total. The Morgan fingerprint density at radius 3 is 2.68 bits per heavy atom. The lowest BCUT2D eigenvalue weighted by Gasteiger charge is -2.32. The van der Waals surface area contributed by atoms with Crippen molar-refractivity contribution in [3.05, 3.63) is 36.2 Å². The summed E-state index contributed by atoms with van der Waals surface area (Å²) in [6.45, 7) is 6.41. The van der Waals surface area contributed by atoms with Crippen LogP contribution in [0.2, 0.25) is 0 Å². The number of piperidine rings is 1. The first kappa shape index (κ1) is 18.4. The van der Waals surface area contributed by atoms with Crippen molar-refractivity contribution in [2.75, 3.05) is 24.5 Å². The van der Waals surface area contributed by atoms with Crippen LogP contribution in [0.4, 0.5) is 5.82 Å². The maximum atomic E-state index is 12.3. The fraction of sp³-hybridized carbons (Fsp3) is 0.429. The summed E-state index contributed by atoms with van der Waals surface area (Å²) in [6.07, 6.45) is 4.10. The van der Waals surface area contributed by atoms with Crippen molar-refractivity contribution in [3.8, 4) is 11.3 Å². The highest BCUT2D eigenvalue weighted by Gasteiger charge is 2.28. The van der Waals surface area contributed by atoms with Gasteiger partial charge in [-0.2, -0.15) is 4.98 Å². The normalized spacial score (nSPS) is 15.1. The molecule has 0 spiro atoms. The van der Waals surface area contributed by atoms with E-state index in [2.05, 4.69) is 51.3 Å². The van der Waals surface area contributed by atoms with Crippen LogP contribution in [0, 0.1) is 12.8 Å². The van der Waals surface area contributed by atoms with Gasteiger partial charge in [0.05, 0.1) is 0 Å². The fourth-order valence-corrected chi connectivity index (χ4v) is 3.67. The number of hydrogen-bond acceptors (Lipinski definition) is 6. The zero-order valence-corrected chi connectivity index (χ0v) is 16.3. The van der Waals surface area contributed by atoms with Crippen LogP contribution in [0.1, 0.15) is 31.7 Å². The first-order valence-corrected chi connectivity index (χ1v) is 9.87. The number of benzene rings is 1. The van der Waals surface area contributed by atoms with E-state index in [1.54, 1.807) is 0 Å². The number of nitrogens with zero attached hydrogens (tertiary/aromatic N) is 4. The zero-order valence-electron chi connectivity index (χ0n) is 16.3. The lowest BCUT2D eigenvalue weighted by Crippen LogP contribution is -2.41. The number of aromatic nitrogens is 3. The Morgan fingerprint density at radius 2 is 1.96 bits per heavy atom. The van der Waals surface area contributed by atoms with Gasteiger partial charge in [-0.25, -0.2) is 4.98 Å². The molecule has 1 aromatic carbocycles. The zero-order chi connectivity index (χ0) is 19.5. The Bertz CT molecular complexity index is 959. The average Bonchev–Trinajstić information content (AvgIpc) is 3.17. The Hall–Kier alpha value is -2.96. The molecule has 0 unspecified atom stereocenters. The summed E-state index contributed by atoms with van der Waals surface area (Å²) in [4.78, 5) is 23.3. The number of carbonyl (C=O) groups excluding carboxylic acids is 1. The number of carbonyl (C=O) groups is 1. The van der Waals surface area contributed by atoms with Gasteiger partial charge >= 0.3 is 0 Å². The van der Waals surface area contributed by atoms with Crippen LogP contribution in [0.25, 0.3) is 22.4 Å². The lowest BCUT2D eigenvalue weighted by molar-refractivity contribution is -0.125. The van der Waals surface area contributed by atoms with E-state index in [9.17, 15) is 4.79 Å². The van der Waals surface area contributed by atoms with Crippen LogP contribution in [0.15, 0.2) is 35.1 Å². The fourth-order valence-electron chi connectivity index (χ4n) is 3.67. The Balaban J connectivity index is 1.59. The van der Waals surface area contributed by atoms with Gasteiger partial charge in [0.2, 0.25) is 5.91 Å². The van der Waals surface area contributed by atoms with Crippen LogP contribution in [0.5, 0.6) is 0 Å². The van der Waals surface area contributed by atoms with Crippen LogP contribution >= 0.6 is 0 Å². The van der Waals surface area contributed by atoms with E-state index in [0.717, 1.165) is 61.4 Å². The number of aryl methyl sites for hydroxylation is 1. The Morgan fingerprint density at radius 1 is 1.21 bits per heavy atom. The minimum atomic E-state index is 0.0687. The van der Waals surface area contributed by atoms with Crippen LogP contribution in [-0.2, 0) is 4.79 Å². The van der Waals surface area contributed by atoms with Crippen molar-refractivity contribution < 1.29 is 9.32 Å². The smallest absolute Gasteiger partial charge is 0.263 e. The number of rotatable bonds is 5. The van der Waals surface area contributed by atoms with Gasteiger partial charge in [0.15, 0.2) is 0 Å². The van der Waals surface area contributed by atoms with Crippen molar-refractivity contribution >= 4 is 22.8 Å². The van der Waals surface area contributed by atoms with Gasteiger partial charge in [0.25, 0.3) is 5.71 Å². The van der Waals surface area contributed by atoms with E-state index < -0.39 is 0 Å². The molecule has 1 fully saturated rings. The molecule has 3 aromatic rings. The second-order valence-electron chi connectivity index (χ2n) is 7.33. The molecule has 2 aromatic heterocycles. The van der Waals surface area contributed by atoms with Gasteiger partial charge in [-0.1, -0.05) is 41.9 Å². The van der Waals surface area contributed by atoms with E-state index in [-0.39, 0.29) is 11.8 Å². The van der Waals surface area contributed by atoms with E-state index in [1.165, 1.54) is 11.9 Å². The first-order valence-electron chi connectivity index (χ1n) is 9.87. The largest absolute Gasteiger partial charge is 0.356 e. The third kappa shape index (κ3) is 3.56. The molecule has 0 aliphatic carbocycles. The predicted molar refractivity (Wildman–Crippen MR) is 108 cm³/mol. The highest BCUT2D eigenvalue weighted by molar-refractivity contribution is 5.98. The first-order chi connectivity index (χ1) is 13.7. The van der Waals surface area contributed by atoms with Crippen molar-refractivity contribution in [2.45, 2.75) is 33.1 Å². The lowest BCUT2D eigenvalue weighted by atomic mass is 9.95. The third-order valence-electron chi connectivity index (χ3n) is 5.29. The summed E-state index contributed by atoms with van der Waals surface area (Å²) in [5.41, 5.74) is 3.42. The van der Waals surface area contributed by atoms with Crippen molar-refractivity contribution in [3.63, 3.8) is 0 Å². The van der Waals surface area contributed by atoms with Crippen LogP contribution in [-0.4, -0.2) is 40.7 Å². The van der Waals surface area contributed by atoms with Crippen molar-refractivity contribution in [1.82, 2.24) is 20.4 Å². The molecule has 28 heavy (non-hydrogen) atoms. The molecule has 7 heteroatoms.